The largest absolute Gasteiger partial charge is 0.443 e. The van der Waals surface area contributed by atoms with Gasteiger partial charge in [0.1, 0.15) is 12.3 Å². The molecule has 0 aromatic carbocycles. The molecule has 1 aliphatic heterocycles. The number of nitrogens with zero attached hydrogens (tertiary/aromatic N) is 3. The van der Waals surface area contributed by atoms with E-state index < -0.39 is 0 Å². The zero-order valence-corrected chi connectivity index (χ0v) is 18.1. The van der Waals surface area contributed by atoms with Crippen molar-refractivity contribution in [2.45, 2.75) is 78.8 Å². The van der Waals surface area contributed by atoms with Crippen LogP contribution in [0.4, 0.5) is 0 Å². The first-order valence-corrected chi connectivity index (χ1v) is 10.5. The molecular formula is C21H39N5O. The summed E-state index contributed by atoms with van der Waals surface area (Å²) in [6.45, 7) is 17.7. The van der Waals surface area contributed by atoms with Gasteiger partial charge < -0.3 is 15.1 Å². The molecule has 1 fully saturated rings. The van der Waals surface area contributed by atoms with E-state index in [1.807, 2.05) is 6.20 Å². The maximum atomic E-state index is 5.85. The average molecular weight is 378 g/mol. The van der Waals surface area contributed by atoms with E-state index in [0.717, 1.165) is 24.8 Å². The minimum absolute atomic E-state index is 0.0302. The van der Waals surface area contributed by atoms with Gasteiger partial charge in [-0.3, -0.25) is 4.90 Å². The Labute approximate surface area is 165 Å². The molecule has 0 saturated carbocycles. The standard InChI is InChI=1S/C21H39N5O/c1-7-22-20(25-15-19-23-14-18(27-19)21(4,5)6)24-13-17(12-16(2)3)26-10-8-9-11-26/h14,16-17H,7-13,15H2,1-6H3,(H2,22,24,25). The van der Waals surface area contributed by atoms with Gasteiger partial charge in [0.2, 0.25) is 5.89 Å². The molecule has 1 aromatic heterocycles. The monoisotopic (exact) mass is 377 g/mol. The van der Waals surface area contributed by atoms with Crippen LogP contribution in [-0.4, -0.2) is 48.1 Å². The van der Waals surface area contributed by atoms with E-state index in [2.05, 4.69) is 67.1 Å². The summed E-state index contributed by atoms with van der Waals surface area (Å²) < 4.78 is 5.85. The average Bonchev–Trinajstić information content (AvgIpc) is 3.26. The highest BCUT2D eigenvalue weighted by molar-refractivity contribution is 5.79. The van der Waals surface area contributed by atoms with Crippen LogP contribution in [0.25, 0.3) is 0 Å². The fourth-order valence-electron chi connectivity index (χ4n) is 3.45. The Morgan fingerprint density at radius 1 is 1.26 bits per heavy atom. The van der Waals surface area contributed by atoms with Gasteiger partial charge in [-0.2, -0.15) is 0 Å². The molecule has 1 aromatic rings. The van der Waals surface area contributed by atoms with E-state index in [1.165, 1.54) is 32.4 Å². The molecular weight excluding hydrogens is 338 g/mol. The maximum absolute atomic E-state index is 5.85. The molecule has 0 radical (unpaired) electrons. The summed E-state index contributed by atoms with van der Waals surface area (Å²) >= 11 is 0. The molecule has 154 valence electrons. The third kappa shape index (κ3) is 7.17. The van der Waals surface area contributed by atoms with Gasteiger partial charge in [-0.25, -0.2) is 9.98 Å². The molecule has 0 bridgehead atoms. The van der Waals surface area contributed by atoms with Crippen molar-refractivity contribution in [3.8, 4) is 0 Å². The second-order valence-electron chi connectivity index (χ2n) is 8.97. The molecule has 2 rings (SSSR count). The van der Waals surface area contributed by atoms with Crippen LogP contribution in [-0.2, 0) is 12.0 Å². The molecule has 0 amide bonds. The number of guanidine groups is 1. The number of aromatic nitrogens is 1. The van der Waals surface area contributed by atoms with Gasteiger partial charge in [-0.15, -0.1) is 0 Å². The molecule has 2 N–H and O–H groups in total. The first-order chi connectivity index (χ1) is 12.8. The Bertz CT molecular complexity index is 582. The topological polar surface area (TPSA) is 65.7 Å². The van der Waals surface area contributed by atoms with Crippen molar-refractivity contribution in [1.29, 1.82) is 0 Å². The third-order valence-electron chi connectivity index (χ3n) is 4.92. The maximum Gasteiger partial charge on any atom is 0.216 e. The highest BCUT2D eigenvalue weighted by atomic mass is 16.4. The Hall–Kier alpha value is -1.56. The van der Waals surface area contributed by atoms with Crippen molar-refractivity contribution in [3.05, 3.63) is 17.8 Å². The van der Waals surface area contributed by atoms with Gasteiger partial charge in [0.05, 0.1) is 6.20 Å². The van der Waals surface area contributed by atoms with Crippen LogP contribution < -0.4 is 10.6 Å². The second kappa shape index (κ2) is 10.1. The van der Waals surface area contributed by atoms with Crippen LogP contribution in [0.15, 0.2) is 15.6 Å². The summed E-state index contributed by atoms with van der Waals surface area (Å²) in [6, 6.07) is 0.561. The van der Waals surface area contributed by atoms with Crippen molar-refractivity contribution < 1.29 is 4.42 Å². The van der Waals surface area contributed by atoms with Gasteiger partial charge in [0.15, 0.2) is 5.96 Å². The van der Waals surface area contributed by atoms with Gasteiger partial charge in [-0.05, 0) is 45.2 Å². The molecule has 6 heteroatoms. The van der Waals surface area contributed by atoms with Crippen LogP contribution in [0.2, 0.25) is 0 Å². The molecule has 27 heavy (non-hydrogen) atoms. The number of oxazole rings is 1. The minimum atomic E-state index is -0.0302. The lowest BCUT2D eigenvalue weighted by molar-refractivity contribution is 0.213. The van der Waals surface area contributed by atoms with Crippen molar-refractivity contribution in [3.63, 3.8) is 0 Å². The van der Waals surface area contributed by atoms with Crippen molar-refractivity contribution in [2.75, 3.05) is 26.2 Å². The number of hydrogen-bond donors (Lipinski definition) is 2. The van der Waals surface area contributed by atoms with Crippen LogP contribution in [0.1, 0.15) is 72.5 Å². The molecule has 6 nitrogen and oxygen atoms in total. The molecule has 2 heterocycles. The molecule has 0 spiro atoms. The SMILES string of the molecule is CCNC(=NCc1ncc(C(C)(C)C)o1)NCC(CC(C)C)N1CCCC1. The van der Waals surface area contributed by atoms with Crippen LogP contribution in [0, 0.1) is 5.92 Å². The lowest BCUT2D eigenvalue weighted by atomic mass is 9.94. The van der Waals surface area contributed by atoms with E-state index >= 15 is 0 Å². The highest BCUT2D eigenvalue weighted by Gasteiger charge is 2.23. The number of nitrogens with one attached hydrogen (secondary N) is 2. The zero-order chi connectivity index (χ0) is 19.9. The first kappa shape index (κ1) is 21.7. The van der Waals surface area contributed by atoms with Gasteiger partial charge in [0.25, 0.3) is 0 Å². The summed E-state index contributed by atoms with van der Waals surface area (Å²) in [6.07, 6.45) is 5.67. The zero-order valence-electron chi connectivity index (χ0n) is 18.1. The second-order valence-corrected chi connectivity index (χ2v) is 8.97. The smallest absolute Gasteiger partial charge is 0.216 e. The van der Waals surface area contributed by atoms with Crippen molar-refractivity contribution in [2.24, 2.45) is 10.9 Å². The van der Waals surface area contributed by atoms with E-state index in [9.17, 15) is 0 Å². The summed E-state index contributed by atoms with van der Waals surface area (Å²) in [4.78, 5) is 11.7. The van der Waals surface area contributed by atoms with Crippen LogP contribution >= 0.6 is 0 Å². The molecule has 1 unspecified atom stereocenters. The van der Waals surface area contributed by atoms with Crippen LogP contribution in [0.3, 0.4) is 0 Å². The highest BCUT2D eigenvalue weighted by Crippen LogP contribution is 2.22. The third-order valence-corrected chi connectivity index (χ3v) is 4.92. The fraction of sp³-hybridized carbons (Fsp3) is 0.810. The normalized spacial score (nSPS) is 17.5. The first-order valence-electron chi connectivity index (χ1n) is 10.5. The summed E-state index contributed by atoms with van der Waals surface area (Å²) in [5.74, 6) is 3.09. The Kier molecular flexibility index (Phi) is 8.14. The minimum Gasteiger partial charge on any atom is -0.443 e. The van der Waals surface area contributed by atoms with E-state index in [1.54, 1.807) is 0 Å². The van der Waals surface area contributed by atoms with Crippen LogP contribution in [0.5, 0.6) is 0 Å². The molecule has 0 aliphatic carbocycles. The lowest BCUT2D eigenvalue weighted by Crippen LogP contribution is -2.47. The van der Waals surface area contributed by atoms with Gasteiger partial charge >= 0.3 is 0 Å². The summed E-state index contributed by atoms with van der Waals surface area (Å²) in [7, 11) is 0. The summed E-state index contributed by atoms with van der Waals surface area (Å²) in [5, 5.41) is 6.88. The predicted molar refractivity (Wildman–Crippen MR) is 112 cm³/mol. The van der Waals surface area contributed by atoms with Crippen molar-refractivity contribution in [1.82, 2.24) is 20.5 Å². The fourth-order valence-corrected chi connectivity index (χ4v) is 3.45. The quantitative estimate of drug-likeness (QED) is 0.536. The Morgan fingerprint density at radius 2 is 1.96 bits per heavy atom. The molecule has 1 saturated heterocycles. The predicted octanol–water partition coefficient (Wildman–Crippen LogP) is 3.54. The number of likely N-dealkylation sites (tertiary alicyclic amines) is 1. The van der Waals surface area contributed by atoms with Gasteiger partial charge in [0, 0.05) is 24.5 Å². The number of aliphatic imine (C=N–C) groups is 1. The summed E-state index contributed by atoms with van der Waals surface area (Å²) in [5.41, 5.74) is -0.0302. The lowest BCUT2D eigenvalue weighted by Gasteiger charge is -2.29. The number of rotatable bonds is 8. The van der Waals surface area contributed by atoms with Gasteiger partial charge in [-0.1, -0.05) is 34.6 Å². The van der Waals surface area contributed by atoms with Crippen molar-refractivity contribution >= 4 is 5.96 Å². The van der Waals surface area contributed by atoms with E-state index in [-0.39, 0.29) is 5.41 Å². The molecule has 1 atom stereocenters. The van der Waals surface area contributed by atoms with E-state index in [0.29, 0.717) is 24.4 Å². The van der Waals surface area contributed by atoms with E-state index in [4.69, 9.17) is 4.42 Å². The molecule has 1 aliphatic rings. The number of hydrogen-bond acceptors (Lipinski definition) is 4. The Morgan fingerprint density at radius 3 is 2.52 bits per heavy atom. The Balaban J connectivity index is 1.96.